The van der Waals surface area contributed by atoms with Gasteiger partial charge >= 0.3 is 0 Å². The van der Waals surface area contributed by atoms with Crippen molar-refractivity contribution in [3.05, 3.63) is 36.1 Å². The van der Waals surface area contributed by atoms with Crippen molar-refractivity contribution in [3.8, 4) is 0 Å². The lowest BCUT2D eigenvalue weighted by Crippen LogP contribution is -2.42. The van der Waals surface area contributed by atoms with Crippen molar-refractivity contribution in [2.24, 2.45) is 5.92 Å². The summed E-state index contributed by atoms with van der Waals surface area (Å²) in [6.45, 7) is 2.93. The SMILES string of the molecule is Cc1nc(CSCC(=O)N2CCC(C(=O)Nc3ccccn3)CC2)no1. The smallest absolute Gasteiger partial charge is 0.232 e. The summed E-state index contributed by atoms with van der Waals surface area (Å²) in [5.41, 5.74) is 0. The summed E-state index contributed by atoms with van der Waals surface area (Å²) in [6, 6.07) is 5.40. The molecule has 138 valence electrons. The van der Waals surface area contributed by atoms with Crippen LogP contribution in [0.25, 0.3) is 0 Å². The molecule has 9 heteroatoms. The van der Waals surface area contributed by atoms with Crippen molar-refractivity contribution in [1.82, 2.24) is 20.0 Å². The minimum Gasteiger partial charge on any atom is -0.342 e. The van der Waals surface area contributed by atoms with Crippen LogP contribution in [0.1, 0.15) is 24.6 Å². The number of carbonyl (C=O) groups excluding carboxylic acids is 2. The third kappa shape index (κ3) is 5.04. The average Bonchev–Trinajstić information content (AvgIpc) is 3.08. The van der Waals surface area contributed by atoms with Crippen molar-refractivity contribution < 1.29 is 14.1 Å². The third-order valence-corrected chi connectivity index (χ3v) is 5.07. The Bertz CT molecular complexity index is 744. The van der Waals surface area contributed by atoms with E-state index in [1.807, 2.05) is 11.0 Å². The van der Waals surface area contributed by atoms with Crippen LogP contribution in [-0.2, 0) is 15.3 Å². The zero-order valence-corrected chi connectivity index (χ0v) is 15.4. The van der Waals surface area contributed by atoms with E-state index >= 15 is 0 Å². The molecule has 0 aliphatic carbocycles. The molecule has 3 rings (SSSR count). The van der Waals surface area contributed by atoms with Crippen LogP contribution in [0.4, 0.5) is 5.82 Å². The zero-order valence-electron chi connectivity index (χ0n) is 14.6. The van der Waals surface area contributed by atoms with Crippen molar-refractivity contribution in [3.63, 3.8) is 0 Å². The maximum Gasteiger partial charge on any atom is 0.232 e. The molecular formula is C17H21N5O3S. The maximum atomic E-state index is 12.3. The number of thioether (sulfide) groups is 1. The molecule has 0 saturated carbocycles. The van der Waals surface area contributed by atoms with Crippen LogP contribution >= 0.6 is 11.8 Å². The van der Waals surface area contributed by atoms with E-state index in [-0.39, 0.29) is 17.7 Å². The van der Waals surface area contributed by atoms with E-state index < -0.39 is 0 Å². The van der Waals surface area contributed by atoms with E-state index in [1.54, 1.807) is 25.3 Å². The summed E-state index contributed by atoms with van der Waals surface area (Å²) < 4.78 is 4.90. The summed E-state index contributed by atoms with van der Waals surface area (Å²) in [5, 5.41) is 6.64. The Hall–Kier alpha value is -2.42. The number of amides is 2. The molecule has 0 aromatic carbocycles. The molecule has 0 spiro atoms. The van der Waals surface area contributed by atoms with E-state index in [2.05, 4.69) is 20.4 Å². The lowest BCUT2D eigenvalue weighted by atomic mass is 9.96. The summed E-state index contributed by atoms with van der Waals surface area (Å²) >= 11 is 1.47. The van der Waals surface area contributed by atoms with Gasteiger partial charge in [0.2, 0.25) is 17.7 Å². The number of piperidine rings is 1. The fourth-order valence-electron chi connectivity index (χ4n) is 2.78. The quantitative estimate of drug-likeness (QED) is 0.822. The fourth-order valence-corrected chi connectivity index (χ4v) is 3.54. The Balaban J connectivity index is 1.38. The Morgan fingerprint density at radius 1 is 1.35 bits per heavy atom. The highest BCUT2D eigenvalue weighted by Crippen LogP contribution is 2.20. The van der Waals surface area contributed by atoms with Gasteiger partial charge in [0.25, 0.3) is 0 Å². The number of aromatic nitrogens is 3. The fraction of sp³-hybridized carbons (Fsp3) is 0.471. The first-order chi connectivity index (χ1) is 12.6. The lowest BCUT2D eigenvalue weighted by molar-refractivity contribution is -0.132. The van der Waals surface area contributed by atoms with Crippen molar-refractivity contribution in [2.75, 3.05) is 24.2 Å². The molecule has 1 aliphatic heterocycles. The molecule has 1 saturated heterocycles. The van der Waals surface area contributed by atoms with Gasteiger partial charge in [-0.25, -0.2) is 4.98 Å². The van der Waals surface area contributed by atoms with Gasteiger partial charge in [0.1, 0.15) is 5.82 Å². The molecule has 1 fully saturated rings. The summed E-state index contributed by atoms with van der Waals surface area (Å²) in [5.74, 6) is 2.57. The van der Waals surface area contributed by atoms with Gasteiger partial charge in [-0.2, -0.15) is 4.98 Å². The Kier molecular flexibility index (Phi) is 6.21. The van der Waals surface area contributed by atoms with E-state index in [1.165, 1.54) is 11.8 Å². The number of hydrogen-bond acceptors (Lipinski definition) is 7. The number of rotatable bonds is 6. The van der Waals surface area contributed by atoms with E-state index in [0.717, 1.165) is 0 Å². The highest BCUT2D eigenvalue weighted by atomic mass is 32.2. The molecule has 8 nitrogen and oxygen atoms in total. The number of carbonyl (C=O) groups is 2. The minimum atomic E-state index is -0.0870. The molecular weight excluding hydrogens is 354 g/mol. The van der Waals surface area contributed by atoms with Gasteiger partial charge in [0, 0.05) is 32.1 Å². The first-order valence-electron chi connectivity index (χ1n) is 8.48. The number of anilines is 1. The maximum absolute atomic E-state index is 12.3. The Labute approximate surface area is 155 Å². The van der Waals surface area contributed by atoms with Gasteiger partial charge in [0.15, 0.2) is 5.82 Å². The molecule has 1 N–H and O–H groups in total. The number of hydrogen-bond donors (Lipinski definition) is 1. The van der Waals surface area contributed by atoms with Crippen LogP contribution in [0.3, 0.4) is 0 Å². The standard InChI is InChI=1S/C17H21N5O3S/c1-12-19-15(21-25-12)10-26-11-16(23)22-8-5-13(6-9-22)17(24)20-14-4-2-3-7-18-14/h2-4,7,13H,5-6,8-11H2,1H3,(H,18,20,24). The average molecular weight is 375 g/mol. The van der Waals surface area contributed by atoms with Crippen LogP contribution in [0.2, 0.25) is 0 Å². The van der Waals surface area contributed by atoms with Crippen LogP contribution in [0, 0.1) is 12.8 Å². The number of aryl methyl sites for hydroxylation is 1. The third-order valence-electron chi connectivity index (χ3n) is 4.16. The monoisotopic (exact) mass is 375 g/mol. The summed E-state index contributed by atoms with van der Waals surface area (Å²) in [4.78, 5) is 34.6. The summed E-state index contributed by atoms with van der Waals surface area (Å²) in [6.07, 6.45) is 2.97. The Morgan fingerprint density at radius 2 is 2.15 bits per heavy atom. The molecule has 26 heavy (non-hydrogen) atoms. The first-order valence-corrected chi connectivity index (χ1v) is 9.64. The number of nitrogens with one attached hydrogen (secondary N) is 1. The van der Waals surface area contributed by atoms with Crippen molar-refractivity contribution >= 4 is 29.4 Å². The largest absolute Gasteiger partial charge is 0.342 e. The highest BCUT2D eigenvalue weighted by molar-refractivity contribution is 7.99. The molecule has 2 aromatic rings. The highest BCUT2D eigenvalue weighted by Gasteiger charge is 2.27. The van der Waals surface area contributed by atoms with Crippen LogP contribution in [-0.4, -0.2) is 50.7 Å². The molecule has 2 aromatic heterocycles. The molecule has 0 radical (unpaired) electrons. The Morgan fingerprint density at radius 3 is 2.81 bits per heavy atom. The van der Waals surface area contributed by atoms with Crippen LogP contribution in [0.5, 0.6) is 0 Å². The first kappa shape index (κ1) is 18.4. The zero-order chi connectivity index (χ0) is 18.4. The second kappa shape index (κ2) is 8.79. The second-order valence-electron chi connectivity index (χ2n) is 6.08. The molecule has 2 amide bonds. The number of pyridine rings is 1. The molecule has 0 atom stereocenters. The number of nitrogens with zero attached hydrogens (tertiary/aromatic N) is 4. The normalized spacial score (nSPS) is 15.0. The summed E-state index contributed by atoms with van der Waals surface area (Å²) in [7, 11) is 0. The van der Waals surface area contributed by atoms with E-state index in [9.17, 15) is 9.59 Å². The number of likely N-dealkylation sites (tertiary alicyclic amines) is 1. The molecule has 1 aliphatic rings. The lowest BCUT2D eigenvalue weighted by Gasteiger charge is -2.31. The van der Waals surface area contributed by atoms with Gasteiger partial charge in [0.05, 0.1) is 11.5 Å². The van der Waals surface area contributed by atoms with Gasteiger partial charge in [-0.05, 0) is 25.0 Å². The minimum absolute atomic E-state index is 0.0300. The van der Waals surface area contributed by atoms with Crippen molar-refractivity contribution in [2.45, 2.75) is 25.5 Å². The predicted octanol–water partition coefficient (Wildman–Crippen LogP) is 1.88. The van der Waals surface area contributed by atoms with Crippen molar-refractivity contribution in [1.29, 1.82) is 0 Å². The second-order valence-corrected chi connectivity index (χ2v) is 7.07. The van der Waals surface area contributed by atoms with Gasteiger partial charge in [-0.15, -0.1) is 11.8 Å². The predicted molar refractivity (Wildman–Crippen MR) is 97.4 cm³/mol. The van der Waals surface area contributed by atoms with Gasteiger partial charge in [-0.1, -0.05) is 11.2 Å². The van der Waals surface area contributed by atoms with E-state index in [4.69, 9.17) is 4.52 Å². The molecule has 0 bridgehead atoms. The van der Waals surface area contributed by atoms with E-state index in [0.29, 0.717) is 55.0 Å². The topological polar surface area (TPSA) is 101 Å². The molecule has 3 heterocycles. The van der Waals surface area contributed by atoms with Gasteiger partial charge in [-0.3, -0.25) is 9.59 Å². The molecule has 0 unspecified atom stereocenters. The van der Waals surface area contributed by atoms with Gasteiger partial charge < -0.3 is 14.7 Å². The van der Waals surface area contributed by atoms with Crippen LogP contribution in [0.15, 0.2) is 28.9 Å². The van der Waals surface area contributed by atoms with Crippen LogP contribution < -0.4 is 5.32 Å².